The zero-order valence-electron chi connectivity index (χ0n) is 27.1. The third kappa shape index (κ3) is 7.52. The molecule has 0 N–H and O–H groups in total. The number of hydrogen-bond donors (Lipinski definition) is 0. The number of nitrogens with zero attached hydrogens (tertiary/aromatic N) is 1. The predicted octanol–water partition coefficient (Wildman–Crippen LogP) is 8.30. The SMILES string of the molecule is CCCCOc1cc(-c2ccc(P(=O)(OC)OC)cc2)ccc1[C@@H]1[C@@H](/C=C/C(=O)c2ccc(F)cc2)OC(=O)N1c1ccc(OC)cc1. The van der Waals surface area contributed by atoms with Crippen molar-refractivity contribution in [2.24, 2.45) is 0 Å². The highest BCUT2D eigenvalue weighted by molar-refractivity contribution is 7.62. The Morgan fingerprint density at radius 1 is 0.917 bits per heavy atom. The molecule has 48 heavy (non-hydrogen) atoms. The molecule has 250 valence electrons. The summed E-state index contributed by atoms with van der Waals surface area (Å²) in [5.41, 5.74) is 3.18. The zero-order valence-corrected chi connectivity index (χ0v) is 28.0. The smallest absolute Gasteiger partial charge is 0.415 e. The number of benzene rings is 4. The van der Waals surface area contributed by atoms with Gasteiger partial charge in [0.2, 0.25) is 0 Å². The van der Waals surface area contributed by atoms with Crippen molar-refractivity contribution in [2.45, 2.75) is 31.9 Å². The number of carbonyl (C=O) groups excluding carboxylic acids is 2. The molecule has 0 spiro atoms. The first-order valence-electron chi connectivity index (χ1n) is 15.4. The van der Waals surface area contributed by atoms with Crippen LogP contribution in [-0.4, -0.2) is 45.9 Å². The van der Waals surface area contributed by atoms with Crippen LogP contribution in [0.5, 0.6) is 11.5 Å². The number of ether oxygens (including phenoxy) is 3. The molecule has 1 fully saturated rings. The van der Waals surface area contributed by atoms with Crippen LogP contribution < -0.4 is 19.7 Å². The Kier molecular flexibility index (Phi) is 11.1. The van der Waals surface area contributed by atoms with Gasteiger partial charge in [-0.2, -0.15) is 0 Å². The summed E-state index contributed by atoms with van der Waals surface area (Å²) >= 11 is 0. The number of ketones is 1. The third-order valence-electron chi connectivity index (χ3n) is 8.02. The van der Waals surface area contributed by atoms with E-state index in [-0.39, 0.29) is 5.78 Å². The molecular weight excluding hydrogens is 636 g/mol. The van der Waals surface area contributed by atoms with Crippen LogP contribution >= 0.6 is 7.60 Å². The normalized spacial score (nSPS) is 16.3. The number of hydrogen-bond acceptors (Lipinski definition) is 8. The first-order chi connectivity index (χ1) is 23.2. The lowest BCUT2D eigenvalue weighted by molar-refractivity contribution is 0.104. The third-order valence-corrected chi connectivity index (χ3v) is 9.92. The van der Waals surface area contributed by atoms with E-state index >= 15 is 0 Å². The van der Waals surface area contributed by atoms with E-state index in [4.69, 9.17) is 23.3 Å². The highest BCUT2D eigenvalue weighted by Gasteiger charge is 2.44. The number of unbranched alkanes of at least 4 members (excludes halogenated alkanes) is 1. The first kappa shape index (κ1) is 34.6. The summed E-state index contributed by atoms with van der Waals surface area (Å²) in [6.07, 6.45) is 3.12. The molecule has 1 aliphatic rings. The van der Waals surface area contributed by atoms with E-state index in [1.807, 2.05) is 30.3 Å². The van der Waals surface area contributed by atoms with Gasteiger partial charge >= 0.3 is 13.7 Å². The van der Waals surface area contributed by atoms with Gasteiger partial charge in [0.1, 0.15) is 29.5 Å². The minimum Gasteiger partial charge on any atom is -0.497 e. The molecule has 0 saturated carbocycles. The fraction of sp³-hybridized carbons (Fsp3) is 0.243. The monoisotopic (exact) mass is 673 g/mol. The van der Waals surface area contributed by atoms with E-state index in [0.717, 1.165) is 24.0 Å². The maximum atomic E-state index is 13.5. The van der Waals surface area contributed by atoms with Crippen LogP contribution in [0.4, 0.5) is 14.9 Å². The summed E-state index contributed by atoms with van der Waals surface area (Å²) in [5.74, 6) is 0.345. The highest BCUT2D eigenvalue weighted by atomic mass is 31.2. The average molecular weight is 674 g/mol. The number of halogens is 1. The second kappa shape index (κ2) is 15.4. The van der Waals surface area contributed by atoms with Crippen LogP contribution in [-0.2, 0) is 18.3 Å². The molecule has 9 nitrogen and oxygen atoms in total. The second-order valence-electron chi connectivity index (χ2n) is 11.0. The van der Waals surface area contributed by atoms with Crippen LogP contribution in [0.25, 0.3) is 11.1 Å². The molecule has 4 aromatic carbocycles. The molecule has 11 heteroatoms. The van der Waals surface area contributed by atoms with Crippen LogP contribution in [0.15, 0.2) is 103 Å². The summed E-state index contributed by atoms with van der Waals surface area (Å²) in [6, 6.07) is 24.3. The van der Waals surface area contributed by atoms with Gasteiger partial charge in [0.25, 0.3) is 0 Å². The van der Waals surface area contributed by atoms with Gasteiger partial charge in [0, 0.05) is 31.0 Å². The van der Waals surface area contributed by atoms with Crippen molar-refractivity contribution in [1.82, 2.24) is 0 Å². The number of amides is 1. The number of carbonyl (C=O) groups is 2. The van der Waals surface area contributed by atoms with Crippen molar-refractivity contribution >= 4 is 30.5 Å². The number of allylic oxidation sites excluding steroid dienone is 1. The Hall–Kier alpha value is -4.76. The van der Waals surface area contributed by atoms with Crippen LogP contribution in [0.2, 0.25) is 0 Å². The van der Waals surface area contributed by atoms with Gasteiger partial charge in [0.05, 0.1) is 19.0 Å². The number of cyclic esters (lactones) is 1. The lowest BCUT2D eigenvalue weighted by Crippen LogP contribution is -2.29. The Bertz CT molecular complexity index is 1800. The van der Waals surface area contributed by atoms with Crippen LogP contribution in [0.1, 0.15) is 41.7 Å². The summed E-state index contributed by atoms with van der Waals surface area (Å²) < 4.78 is 54.1. The van der Waals surface area contributed by atoms with E-state index in [1.54, 1.807) is 49.6 Å². The molecule has 0 bridgehead atoms. The summed E-state index contributed by atoms with van der Waals surface area (Å²) in [4.78, 5) is 28.0. The Labute approximate surface area is 279 Å². The van der Waals surface area contributed by atoms with E-state index in [1.165, 1.54) is 49.5 Å². The lowest BCUT2D eigenvalue weighted by Gasteiger charge is -2.26. The molecule has 1 saturated heterocycles. The molecule has 2 atom stereocenters. The standard InChI is InChI=1S/C37H37FNO8P/c1-5-6-23-46-35-24-27(25-9-18-31(19-10-25)48(42,44-3)45-4)11-20-32(35)36-34(22-21-33(40)26-7-12-28(38)13-8-26)47-37(41)39(36)29-14-16-30(43-2)17-15-29/h7-22,24,34,36H,5-6,23H2,1-4H3/b22-21+/t34-,36-/m1/s1. The predicted molar refractivity (Wildman–Crippen MR) is 182 cm³/mol. The molecule has 1 heterocycles. The van der Waals surface area contributed by atoms with Crippen LogP contribution in [0.3, 0.4) is 0 Å². The average Bonchev–Trinajstić information content (AvgIpc) is 3.45. The number of methoxy groups -OCH3 is 1. The zero-order chi connectivity index (χ0) is 34.3. The van der Waals surface area contributed by atoms with Crippen molar-refractivity contribution in [3.05, 3.63) is 120 Å². The minimum atomic E-state index is -3.42. The van der Waals surface area contributed by atoms with Crippen molar-refractivity contribution in [3.63, 3.8) is 0 Å². The van der Waals surface area contributed by atoms with Crippen molar-refractivity contribution in [2.75, 3.05) is 32.8 Å². The Balaban J connectivity index is 1.57. The highest BCUT2D eigenvalue weighted by Crippen LogP contribution is 2.46. The minimum absolute atomic E-state index is 0.298. The lowest BCUT2D eigenvalue weighted by atomic mass is 9.95. The van der Waals surface area contributed by atoms with Crippen LogP contribution in [0, 0.1) is 5.82 Å². The van der Waals surface area contributed by atoms with Crippen molar-refractivity contribution in [3.8, 4) is 22.6 Å². The molecule has 4 aromatic rings. The maximum Gasteiger partial charge on any atom is 0.415 e. The number of rotatable bonds is 14. The summed E-state index contributed by atoms with van der Waals surface area (Å²) in [7, 11) is 0.819. The van der Waals surface area contributed by atoms with Crippen molar-refractivity contribution in [1.29, 1.82) is 0 Å². The van der Waals surface area contributed by atoms with E-state index in [0.29, 0.717) is 40.2 Å². The van der Waals surface area contributed by atoms with E-state index < -0.39 is 31.7 Å². The second-order valence-corrected chi connectivity index (χ2v) is 13.2. The molecular formula is C37H37FNO8P. The number of anilines is 1. The fourth-order valence-corrected chi connectivity index (χ4v) is 6.48. The molecule has 0 unspecified atom stereocenters. The van der Waals surface area contributed by atoms with Gasteiger partial charge in [0.15, 0.2) is 5.78 Å². The van der Waals surface area contributed by atoms with Crippen molar-refractivity contribution < 1.29 is 41.8 Å². The van der Waals surface area contributed by atoms with E-state index in [2.05, 4.69) is 6.92 Å². The summed E-state index contributed by atoms with van der Waals surface area (Å²) in [6.45, 7) is 2.50. The Morgan fingerprint density at radius 3 is 2.21 bits per heavy atom. The summed E-state index contributed by atoms with van der Waals surface area (Å²) in [5, 5.41) is 0.425. The molecule has 0 radical (unpaired) electrons. The maximum absolute atomic E-state index is 13.5. The largest absolute Gasteiger partial charge is 0.497 e. The van der Waals surface area contributed by atoms with Gasteiger partial charge < -0.3 is 23.3 Å². The quantitative estimate of drug-likeness (QED) is 0.0571. The Morgan fingerprint density at radius 2 is 1.58 bits per heavy atom. The molecule has 1 amide bonds. The van der Waals surface area contributed by atoms with E-state index in [9.17, 15) is 18.5 Å². The molecule has 5 rings (SSSR count). The van der Waals surface area contributed by atoms with Gasteiger partial charge in [-0.05, 0) is 96.4 Å². The van der Waals surface area contributed by atoms with Gasteiger partial charge in [-0.1, -0.05) is 37.6 Å². The van der Waals surface area contributed by atoms with Gasteiger partial charge in [-0.3, -0.25) is 14.3 Å². The van der Waals surface area contributed by atoms with Gasteiger partial charge in [-0.25, -0.2) is 9.18 Å². The fourth-order valence-electron chi connectivity index (χ4n) is 5.39. The topological polar surface area (TPSA) is 101 Å². The molecule has 0 aliphatic carbocycles. The molecule has 0 aromatic heterocycles. The molecule has 1 aliphatic heterocycles. The first-order valence-corrected chi connectivity index (χ1v) is 17.0. The van der Waals surface area contributed by atoms with Gasteiger partial charge in [-0.15, -0.1) is 0 Å².